The lowest BCUT2D eigenvalue weighted by atomic mass is 10.1. The first-order valence-corrected chi connectivity index (χ1v) is 6.83. The number of nitrogen functional groups attached to an aromatic ring is 1. The topological polar surface area (TPSA) is 82.2 Å². The zero-order valence-electron chi connectivity index (χ0n) is 12.1. The number of ether oxygens (including phenoxy) is 1. The van der Waals surface area contributed by atoms with Gasteiger partial charge in [-0.15, -0.1) is 0 Å². The molecule has 1 aromatic heterocycles. The van der Waals surface area contributed by atoms with Crippen LogP contribution in [0.3, 0.4) is 0 Å². The van der Waals surface area contributed by atoms with Gasteiger partial charge in [-0.25, -0.2) is 0 Å². The third kappa shape index (κ3) is 4.61. The molecule has 112 valence electrons. The van der Waals surface area contributed by atoms with Gasteiger partial charge in [-0.3, -0.25) is 9.48 Å². The predicted octanol–water partition coefficient (Wildman–Crippen LogP) is 1.28. The van der Waals surface area contributed by atoms with Gasteiger partial charge in [-0.1, -0.05) is 12.1 Å². The average Bonchev–Trinajstić information content (AvgIpc) is 2.92. The Labute approximate surface area is 123 Å². The maximum Gasteiger partial charge on any atom is 0.241 e. The maximum absolute atomic E-state index is 11.7. The van der Waals surface area contributed by atoms with Crippen molar-refractivity contribution in [3.8, 4) is 11.1 Å². The van der Waals surface area contributed by atoms with Gasteiger partial charge in [0.1, 0.15) is 6.54 Å². The van der Waals surface area contributed by atoms with Crippen LogP contribution in [0.5, 0.6) is 0 Å². The molecule has 2 rings (SSSR count). The normalized spacial score (nSPS) is 10.5. The van der Waals surface area contributed by atoms with Crippen molar-refractivity contribution in [1.82, 2.24) is 15.1 Å². The number of aromatic nitrogens is 2. The van der Waals surface area contributed by atoms with Crippen molar-refractivity contribution in [2.24, 2.45) is 0 Å². The number of anilines is 1. The van der Waals surface area contributed by atoms with E-state index >= 15 is 0 Å². The molecule has 0 aliphatic carbocycles. The number of nitrogens with one attached hydrogen (secondary N) is 1. The Morgan fingerprint density at radius 1 is 1.43 bits per heavy atom. The molecule has 1 aromatic carbocycles. The van der Waals surface area contributed by atoms with E-state index in [1.807, 2.05) is 30.5 Å². The molecule has 1 amide bonds. The lowest BCUT2D eigenvalue weighted by molar-refractivity contribution is -0.121. The number of hydrogen-bond acceptors (Lipinski definition) is 4. The summed E-state index contributed by atoms with van der Waals surface area (Å²) in [7, 11) is 1.64. The molecule has 0 unspecified atom stereocenters. The third-order valence-electron chi connectivity index (χ3n) is 3.01. The molecule has 0 saturated heterocycles. The quantitative estimate of drug-likeness (QED) is 0.594. The highest BCUT2D eigenvalue weighted by Crippen LogP contribution is 2.20. The molecular weight excluding hydrogens is 268 g/mol. The van der Waals surface area contributed by atoms with Crippen LogP contribution in [-0.4, -0.2) is 35.9 Å². The van der Waals surface area contributed by atoms with Crippen molar-refractivity contribution < 1.29 is 9.53 Å². The summed E-state index contributed by atoms with van der Waals surface area (Å²) in [5.41, 5.74) is 8.39. The predicted molar refractivity (Wildman–Crippen MR) is 81.6 cm³/mol. The van der Waals surface area contributed by atoms with Gasteiger partial charge >= 0.3 is 0 Å². The van der Waals surface area contributed by atoms with Gasteiger partial charge in [-0.2, -0.15) is 5.10 Å². The summed E-state index contributed by atoms with van der Waals surface area (Å²) in [5.74, 6) is -0.0617. The first-order chi connectivity index (χ1) is 10.2. The highest BCUT2D eigenvalue weighted by Gasteiger charge is 2.06. The van der Waals surface area contributed by atoms with Crippen LogP contribution in [0.25, 0.3) is 11.1 Å². The Hall–Kier alpha value is -2.34. The number of nitrogens with two attached hydrogens (primary N) is 1. The summed E-state index contributed by atoms with van der Waals surface area (Å²) in [4.78, 5) is 11.7. The van der Waals surface area contributed by atoms with Gasteiger partial charge in [0.2, 0.25) is 5.91 Å². The standard InChI is InChI=1S/C15H20N4O2/c1-21-7-3-6-17-15(20)11-19-10-13(9-18-19)12-4-2-5-14(16)8-12/h2,4-5,8-10H,3,6-7,11,16H2,1H3,(H,17,20). The second kappa shape index (κ2) is 7.44. The molecule has 0 atom stereocenters. The average molecular weight is 288 g/mol. The number of methoxy groups -OCH3 is 1. The molecule has 0 bridgehead atoms. The summed E-state index contributed by atoms with van der Waals surface area (Å²) in [6.45, 7) is 1.45. The summed E-state index contributed by atoms with van der Waals surface area (Å²) in [6.07, 6.45) is 4.37. The maximum atomic E-state index is 11.7. The lowest BCUT2D eigenvalue weighted by Crippen LogP contribution is -2.29. The monoisotopic (exact) mass is 288 g/mol. The van der Waals surface area contributed by atoms with Crippen LogP contribution in [0.15, 0.2) is 36.7 Å². The second-order valence-corrected chi connectivity index (χ2v) is 4.75. The Morgan fingerprint density at radius 2 is 2.29 bits per heavy atom. The van der Waals surface area contributed by atoms with E-state index in [0.29, 0.717) is 18.8 Å². The minimum atomic E-state index is -0.0617. The number of hydrogen-bond donors (Lipinski definition) is 2. The molecule has 0 saturated carbocycles. The van der Waals surface area contributed by atoms with Gasteiger partial charge in [0.25, 0.3) is 0 Å². The number of benzene rings is 1. The van der Waals surface area contributed by atoms with E-state index in [9.17, 15) is 4.79 Å². The molecule has 0 fully saturated rings. The van der Waals surface area contributed by atoms with Crippen molar-refractivity contribution >= 4 is 11.6 Å². The number of rotatable bonds is 7. The summed E-state index contributed by atoms with van der Waals surface area (Å²) >= 11 is 0. The Bertz CT molecular complexity index is 595. The van der Waals surface area contributed by atoms with Crippen molar-refractivity contribution in [1.29, 1.82) is 0 Å². The van der Waals surface area contributed by atoms with Crippen LogP contribution in [0, 0.1) is 0 Å². The Kier molecular flexibility index (Phi) is 5.34. The lowest BCUT2D eigenvalue weighted by Gasteiger charge is -2.04. The van der Waals surface area contributed by atoms with Crippen LogP contribution >= 0.6 is 0 Å². The van der Waals surface area contributed by atoms with Gasteiger partial charge in [-0.05, 0) is 24.1 Å². The first-order valence-electron chi connectivity index (χ1n) is 6.83. The molecule has 0 aliphatic rings. The minimum absolute atomic E-state index is 0.0617. The molecule has 0 spiro atoms. The molecule has 1 heterocycles. The van der Waals surface area contributed by atoms with E-state index < -0.39 is 0 Å². The van der Waals surface area contributed by atoms with Crippen molar-refractivity contribution in [2.45, 2.75) is 13.0 Å². The number of amides is 1. The Morgan fingerprint density at radius 3 is 3.05 bits per heavy atom. The third-order valence-corrected chi connectivity index (χ3v) is 3.01. The number of carbonyl (C=O) groups excluding carboxylic acids is 1. The van der Waals surface area contributed by atoms with Gasteiger partial charge in [0.05, 0.1) is 6.20 Å². The van der Waals surface area contributed by atoms with E-state index in [4.69, 9.17) is 10.5 Å². The van der Waals surface area contributed by atoms with Crippen LogP contribution in [-0.2, 0) is 16.1 Å². The van der Waals surface area contributed by atoms with Crippen LogP contribution < -0.4 is 11.1 Å². The largest absolute Gasteiger partial charge is 0.399 e. The zero-order valence-corrected chi connectivity index (χ0v) is 12.1. The summed E-state index contributed by atoms with van der Waals surface area (Å²) in [6, 6.07) is 7.57. The molecule has 6 nitrogen and oxygen atoms in total. The highest BCUT2D eigenvalue weighted by atomic mass is 16.5. The van der Waals surface area contributed by atoms with E-state index in [-0.39, 0.29) is 12.5 Å². The highest BCUT2D eigenvalue weighted by molar-refractivity contribution is 5.75. The Balaban J connectivity index is 1.90. The molecule has 3 N–H and O–H groups in total. The molecule has 0 radical (unpaired) electrons. The van der Waals surface area contributed by atoms with Crippen LogP contribution in [0.1, 0.15) is 6.42 Å². The summed E-state index contributed by atoms with van der Waals surface area (Å²) in [5, 5.41) is 7.02. The summed E-state index contributed by atoms with van der Waals surface area (Å²) < 4.78 is 6.54. The number of carbonyl (C=O) groups is 1. The smallest absolute Gasteiger partial charge is 0.241 e. The zero-order chi connectivity index (χ0) is 15.1. The van der Waals surface area contributed by atoms with Crippen molar-refractivity contribution in [2.75, 3.05) is 26.0 Å². The first kappa shape index (κ1) is 15.1. The van der Waals surface area contributed by atoms with E-state index in [1.54, 1.807) is 18.0 Å². The van der Waals surface area contributed by atoms with Crippen molar-refractivity contribution in [3.05, 3.63) is 36.7 Å². The van der Waals surface area contributed by atoms with E-state index in [2.05, 4.69) is 10.4 Å². The fourth-order valence-corrected chi connectivity index (χ4v) is 1.96. The fourth-order valence-electron chi connectivity index (χ4n) is 1.96. The van der Waals surface area contributed by atoms with E-state index in [1.165, 1.54) is 0 Å². The second-order valence-electron chi connectivity index (χ2n) is 4.75. The van der Waals surface area contributed by atoms with Gasteiger partial charge in [0, 0.05) is 37.7 Å². The van der Waals surface area contributed by atoms with Crippen LogP contribution in [0.4, 0.5) is 5.69 Å². The fraction of sp³-hybridized carbons (Fsp3) is 0.333. The number of nitrogens with zero attached hydrogens (tertiary/aromatic N) is 2. The molecular formula is C15H20N4O2. The van der Waals surface area contributed by atoms with Crippen molar-refractivity contribution in [3.63, 3.8) is 0 Å². The molecule has 21 heavy (non-hydrogen) atoms. The minimum Gasteiger partial charge on any atom is -0.399 e. The molecule has 0 aliphatic heterocycles. The van der Waals surface area contributed by atoms with Crippen LogP contribution in [0.2, 0.25) is 0 Å². The van der Waals surface area contributed by atoms with Gasteiger partial charge in [0.15, 0.2) is 0 Å². The SMILES string of the molecule is COCCCNC(=O)Cn1cc(-c2cccc(N)c2)cn1. The van der Waals surface area contributed by atoms with Gasteiger partial charge < -0.3 is 15.8 Å². The molecule has 2 aromatic rings. The molecule has 6 heteroatoms. The van der Waals surface area contributed by atoms with E-state index in [0.717, 1.165) is 17.5 Å².